The van der Waals surface area contributed by atoms with Crippen LogP contribution in [0.5, 0.6) is 0 Å². The predicted octanol–water partition coefficient (Wildman–Crippen LogP) is -0.0599. The summed E-state index contributed by atoms with van der Waals surface area (Å²) < 4.78 is 0. The summed E-state index contributed by atoms with van der Waals surface area (Å²) in [5, 5.41) is 5.93. The summed E-state index contributed by atoms with van der Waals surface area (Å²) in [6.07, 6.45) is 1.66. The lowest BCUT2D eigenvalue weighted by Crippen LogP contribution is -2.59. The molecule has 1 aliphatic heterocycles. The molecule has 1 fully saturated rings. The molecule has 6 heteroatoms. The minimum atomic E-state index is -0.462. The Labute approximate surface area is 118 Å². The van der Waals surface area contributed by atoms with Crippen LogP contribution in [0.25, 0.3) is 0 Å². The van der Waals surface area contributed by atoms with Crippen molar-refractivity contribution in [2.24, 2.45) is 0 Å². The largest absolute Gasteiger partial charge is 0.355 e. The van der Waals surface area contributed by atoms with Gasteiger partial charge in [-0.05, 0) is 26.0 Å². The van der Waals surface area contributed by atoms with Gasteiger partial charge in [-0.3, -0.25) is 14.6 Å². The van der Waals surface area contributed by atoms with Gasteiger partial charge in [0.1, 0.15) is 6.04 Å². The summed E-state index contributed by atoms with van der Waals surface area (Å²) >= 11 is 0. The highest BCUT2D eigenvalue weighted by molar-refractivity contribution is 5.98. The van der Waals surface area contributed by atoms with E-state index in [1.807, 2.05) is 6.92 Å². The summed E-state index contributed by atoms with van der Waals surface area (Å²) in [7, 11) is 0. The molecule has 6 nitrogen and oxygen atoms in total. The molecule has 1 aromatic heterocycles. The van der Waals surface area contributed by atoms with Crippen molar-refractivity contribution in [1.29, 1.82) is 0 Å². The van der Waals surface area contributed by atoms with E-state index in [0.717, 1.165) is 0 Å². The lowest BCUT2D eigenvalue weighted by molar-refractivity contribution is -0.126. The minimum absolute atomic E-state index is 0.116. The van der Waals surface area contributed by atoms with Crippen LogP contribution in [-0.4, -0.2) is 53.9 Å². The molecule has 108 valence electrons. The van der Waals surface area contributed by atoms with E-state index in [4.69, 9.17) is 0 Å². The van der Waals surface area contributed by atoms with Crippen molar-refractivity contribution in [1.82, 2.24) is 20.5 Å². The van der Waals surface area contributed by atoms with Crippen molar-refractivity contribution >= 4 is 11.8 Å². The summed E-state index contributed by atoms with van der Waals surface area (Å²) in [4.78, 5) is 30.5. The SMILES string of the molecule is CCNC(=O)C1CNCCN1C(=O)c1cccnc1C. The van der Waals surface area contributed by atoms with Gasteiger partial charge in [0, 0.05) is 38.1 Å². The van der Waals surface area contributed by atoms with Crippen LogP contribution in [0.1, 0.15) is 23.0 Å². The number of carbonyl (C=O) groups excluding carboxylic acids is 2. The predicted molar refractivity (Wildman–Crippen MR) is 75.4 cm³/mol. The van der Waals surface area contributed by atoms with Gasteiger partial charge in [-0.2, -0.15) is 0 Å². The first-order chi connectivity index (χ1) is 9.65. The molecule has 0 aromatic carbocycles. The molecule has 1 atom stereocenters. The van der Waals surface area contributed by atoms with Crippen molar-refractivity contribution in [3.05, 3.63) is 29.6 Å². The van der Waals surface area contributed by atoms with Crippen LogP contribution >= 0.6 is 0 Å². The number of hydrogen-bond donors (Lipinski definition) is 2. The molecule has 2 rings (SSSR count). The number of pyridine rings is 1. The molecule has 2 heterocycles. The fourth-order valence-electron chi connectivity index (χ4n) is 2.34. The van der Waals surface area contributed by atoms with Gasteiger partial charge in [-0.25, -0.2) is 0 Å². The Morgan fingerprint density at radius 3 is 3.05 bits per heavy atom. The zero-order valence-electron chi connectivity index (χ0n) is 11.8. The zero-order valence-corrected chi connectivity index (χ0v) is 11.8. The van der Waals surface area contributed by atoms with E-state index in [0.29, 0.717) is 37.4 Å². The van der Waals surface area contributed by atoms with Crippen molar-refractivity contribution < 1.29 is 9.59 Å². The molecule has 0 bridgehead atoms. The molecular weight excluding hydrogens is 256 g/mol. The van der Waals surface area contributed by atoms with Crippen LogP contribution < -0.4 is 10.6 Å². The van der Waals surface area contributed by atoms with E-state index in [9.17, 15) is 9.59 Å². The first kappa shape index (κ1) is 14.5. The second-order valence-corrected chi connectivity index (χ2v) is 4.75. The Kier molecular flexibility index (Phi) is 4.68. The number of aromatic nitrogens is 1. The molecule has 1 aliphatic rings. The zero-order chi connectivity index (χ0) is 14.5. The second-order valence-electron chi connectivity index (χ2n) is 4.75. The van der Waals surface area contributed by atoms with Crippen molar-refractivity contribution in [2.45, 2.75) is 19.9 Å². The van der Waals surface area contributed by atoms with E-state index < -0.39 is 6.04 Å². The monoisotopic (exact) mass is 276 g/mol. The third-order valence-corrected chi connectivity index (χ3v) is 3.40. The summed E-state index contributed by atoms with van der Waals surface area (Å²) in [6.45, 7) is 5.93. The minimum Gasteiger partial charge on any atom is -0.355 e. The Bertz CT molecular complexity index is 504. The Hall–Kier alpha value is -1.95. The van der Waals surface area contributed by atoms with Crippen molar-refractivity contribution in [3.63, 3.8) is 0 Å². The molecule has 2 amide bonds. The number of amides is 2. The summed E-state index contributed by atoms with van der Waals surface area (Å²) in [5.74, 6) is -0.247. The van der Waals surface area contributed by atoms with E-state index in [2.05, 4.69) is 15.6 Å². The van der Waals surface area contributed by atoms with Crippen LogP contribution in [0.3, 0.4) is 0 Å². The van der Waals surface area contributed by atoms with Gasteiger partial charge in [0.25, 0.3) is 5.91 Å². The molecule has 0 saturated carbocycles. The molecule has 0 spiro atoms. The maximum absolute atomic E-state index is 12.6. The van der Waals surface area contributed by atoms with Crippen molar-refractivity contribution in [3.8, 4) is 0 Å². The molecule has 1 unspecified atom stereocenters. The Morgan fingerprint density at radius 1 is 1.55 bits per heavy atom. The van der Waals surface area contributed by atoms with Gasteiger partial charge < -0.3 is 15.5 Å². The average Bonchev–Trinajstić information content (AvgIpc) is 2.47. The Morgan fingerprint density at radius 2 is 2.35 bits per heavy atom. The standard InChI is InChI=1S/C14H20N4O2/c1-3-16-13(19)12-9-15-7-8-18(12)14(20)11-5-4-6-17-10(11)2/h4-6,12,15H,3,7-9H2,1-2H3,(H,16,19). The highest BCUT2D eigenvalue weighted by Crippen LogP contribution is 2.13. The van der Waals surface area contributed by atoms with E-state index in [-0.39, 0.29) is 11.8 Å². The molecule has 2 N–H and O–H groups in total. The third-order valence-electron chi connectivity index (χ3n) is 3.40. The lowest BCUT2D eigenvalue weighted by atomic mass is 10.1. The number of piperazine rings is 1. The van der Waals surface area contributed by atoms with Crippen LogP contribution in [0.2, 0.25) is 0 Å². The van der Waals surface area contributed by atoms with E-state index in [1.54, 1.807) is 30.2 Å². The number of nitrogens with one attached hydrogen (secondary N) is 2. The smallest absolute Gasteiger partial charge is 0.256 e. The van der Waals surface area contributed by atoms with E-state index in [1.165, 1.54) is 0 Å². The fraction of sp³-hybridized carbons (Fsp3) is 0.500. The van der Waals surface area contributed by atoms with Crippen LogP contribution in [0.4, 0.5) is 0 Å². The van der Waals surface area contributed by atoms with E-state index >= 15 is 0 Å². The quantitative estimate of drug-likeness (QED) is 0.811. The topological polar surface area (TPSA) is 74.3 Å². The first-order valence-electron chi connectivity index (χ1n) is 6.86. The van der Waals surface area contributed by atoms with Crippen molar-refractivity contribution in [2.75, 3.05) is 26.2 Å². The molecular formula is C14H20N4O2. The summed E-state index contributed by atoms with van der Waals surface area (Å²) in [5.41, 5.74) is 1.24. The Balaban J connectivity index is 2.22. The normalized spacial score (nSPS) is 18.7. The number of nitrogens with zero attached hydrogens (tertiary/aromatic N) is 2. The highest BCUT2D eigenvalue weighted by Gasteiger charge is 2.32. The molecule has 0 radical (unpaired) electrons. The average molecular weight is 276 g/mol. The summed E-state index contributed by atoms with van der Waals surface area (Å²) in [6, 6.07) is 3.03. The maximum Gasteiger partial charge on any atom is 0.256 e. The number of hydrogen-bond acceptors (Lipinski definition) is 4. The van der Waals surface area contributed by atoms with Gasteiger partial charge in [0.2, 0.25) is 5.91 Å². The molecule has 0 aliphatic carbocycles. The van der Waals surface area contributed by atoms with Crippen LogP contribution in [0.15, 0.2) is 18.3 Å². The van der Waals surface area contributed by atoms with Gasteiger partial charge in [0.15, 0.2) is 0 Å². The number of likely N-dealkylation sites (N-methyl/N-ethyl adjacent to an activating group) is 1. The number of aryl methyl sites for hydroxylation is 1. The maximum atomic E-state index is 12.6. The van der Waals surface area contributed by atoms with Gasteiger partial charge in [-0.15, -0.1) is 0 Å². The molecule has 1 aromatic rings. The van der Waals surface area contributed by atoms with Gasteiger partial charge in [-0.1, -0.05) is 0 Å². The number of carbonyl (C=O) groups is 2. The molecule has 1 saturated heterocycles. The second kappa shape index (κ2) is 6.47. The third kappa shape index (κ3) is 2.96. The van der Waals surface area contributed by atoms with Gasteiger partial charge in [0.05, 0.1) is 5.56 Å². The molecule has 20 heavy (non-hydrogen) atoms. The van der Waals surface area contributed by atoms with Gasteiger partial charge >= 0.3 is 0 Å². The fourth-order valence-corrected chi connectivity index (χ4v) is 2.34. The highest BCUT2D eigenvalue weighted by atomic mass is 16.2. The lowest BCUT2D eigenvalue weighted by Gasteiger charge is -2.35. The first-order valence-corrected chi connectivity index (χ1v) is 6.86. The van der Waals surface area contributed by atoms with Crippen LogP contribution in [0, 0.1) is 6.92 Å². The van der Waals surface area contributed by atoms with Crippen LogP contribution in [-0.2, 0) is 4.79 Å². The number of rotatable bonds is 3.